The van der Waals surface area contributed by atoms with Gasteiger partial charge in [0.2, 0.25) is 17.7 Å². The predicted molar refractivity (Wildman–Crippen MR) is 143 cm³/mol. The van der Waals surface area contributed by atoms with Crippen LogP contribution in [0.1, 0.15) is 58.3 Å². The zero-order chi connectivity index (χ0) is 25.8. The Labute approximate surface area is 222 Å². The van der Waals surface area contributed by atoms with E-state index in [0.717, 1.165) is 83.8 Å². The van der Waals surface area contributed by atoms with Gasteiger partial charge in [-0.05, 0) is 38.5 Å². The van der Waals surface area contributed by atoms with Crippen LogP contribution in [0.5, 0.6) is 0 Å². The standard InChI is InChI=1S/C15H25N3O2.C13H23N3O/c1-12(19)18-10-13(11-18)15(20)17-7-3-6-16(8-9-17)14-4-2-5-14;17-13(11-9-14-10-11)16-6-2-5-15(7-8-16)12-3-1-4-12/h13-14H,2-11H2,1H3;11-12,14H,1-10H2. The molecule has 0 aromatic carbocycles. The number of carbonyl (C=O) groups is 3. The minimum Gasteiger partial charge on any atom is -0.341 e. The van der Waals surface area contributed by atoms with Crippen LogP contribution in [0.25, 0.3) is 0 Å². The highest BCUT2D eigenvalue weighted by molar-refractivity contribution is 5.83. The Bertz CT molecular complexity index is 806. The van der Waals surface area contributed by atoms with Crippen molar-refractivity contribution in [3.05, 3.63) is 0 Å². The lowest BCUT2D eigenvalue weighted by molar-refractivity contribution is -0.147. The molecule has 0 aromatic heterocycles. The monoisotopic (exact) mass is 516 g/mol. The number of hydrogen-bond acceptors (Lipinski definition) is 6. The van der Waals surface area contributed by atoms with Gasteiger partial charge in [0.1, 0.15) is 0 Å². The Morgan fingerprint density at radius 3 is 1.43 bits per heavy atom. The van der Waals surface area contributed by atoms with Gasteiger partial charge in [-0.15, -0.1) is 0 Å². The first-order valence-corrected chi connectivity index (χ1v) is 15.0. The number of carbonyl (C=O) groups excluding carboxylic acids is 3. The molecule has 208 valence electrons. The molecular weight excluding hydrogens is 468 g/mol. The summed E-state index contributed by atoms with van der Waals surface area (Å²) in [6, 6.07) is 1.61. The highest BCUT2D eigenvalue weighted by Crippen LogP contribution is 2.27. The molecule has 6 rings (SSSR count). The summed E-state index contributed by atoms with van der Waals surface area (Å²) >= 11 is 0. The van der Waals surface area contributed by atoms with Crippen LogP contribution in [0.15, 0.2) is 0 Å². The number of amides is 3. The second-order valence-electron chi connectivity index (χ2n) is 12.1. The predicted octanol–water partition coefficient (Wildman–Crippen LogP) is 0.844. The summed E-state index contributed by atoms with van der Waals surface area (Å²) in [7, 11) is 0. The molecule has 0 bridgehead atoms. The largest absolute Gasteiger partial charge is 0.341 e. The van der Waals surface area contributed by atoms with E-state index in [1.54, 1.807) is 11.8 Å². The Morgan fingerprint density at radius 1 is 0.568 bits per heavy atom. The molecule has 0 atom stereocenters. The van der Waals surface area contributed by atoms with Crippen LogP contribution in [0.2, 0.25) is 0 Å². The first kappa shape index (κ1) is 26.9. The maximum atomic E-state index is 12.4. The molecule has 1 N–H and O–H groups in total. The number of rotatable bonds is 4. The molecule has 0 unspecified atom stereocenters. The second-order valence-corrected chi connectivity index (χ2v) is 12.1. The molecular formula is C28H48N6O3. The van der Waals surface area contributed by atoms with Crippen molar-refractivity contribution in [3.63, 3.8) is 0 Å². The van der Waals surface area contributed by atoms with Gasteiger partial charge in [-0.2, -0.15) is 0 Å². The fraction of sp³-hybridized carbons (Fsp3) is 0.893. The van der Waals surface area contributed by atoms with Crippen LogP contribution >= 0.6 is 0 Å². The van der Waals surface area contributed by atoms with Gasteiger partial charge in [0.15, 0.2) is 0 Å². The van der Waals surface area contributed by atoms with Crippen LogP contribution < -0.4 is 5.32 Å². The van der Waals surface area contributed by atoms with Gasteiger partial charge in [-0.1, -0.05) is 12.8 Å². The lowest BCUT2D eigenvalue weighted by Gasteiger charge is -2.40. The molecule has 9 nitrogen and oxygen atoms in total. The number of likely N-dealkylation sites (tertiary alicyclic amines) is 1. The van der Waals surface area contributed by atoms with Gasteiger partial charge in [0, 0.05) is 97.5 Å². The van der Waals surface area contributed by atoms with Crippen LogP contribution in [0.3, 0.4) is 0 Å². The van der Waals surface area contributed by atoms with Crippen LogP contribution in [-0.2, 0) is 14.4 Å². The zero-order valence-corrected chi connectivity index (χ0v) is 22.9. The Hall–Kier alpha value is -1.71. The summed E-state index contributed by atoms with van der Waals surface area (Å²) in [6.07, 6.45) is 10.4. The molecule has 4 heterocycles. The summed E-state index contributed by atoms with van der Waals surface area (Å²) in [5.74, 6) is 1.05. The highest BCUT2D eigenvalue weighted by atomic mass is 16.2. The van der Waals surface area contributed by atoms with Crippen molar-refractivity contribution in [1.82, 2.24) is 29.8 Å². The zero-order valence-electron chi connectivity index (χ0n) is 22.9. The lowest BCUT2D eigenvalue weighted by atomic mass is 9.91. The topological polar surface area (TPSA) is 79.4 Å². The average molecular weight is 517 g/mol. The van der Waals surface area contributed by atoms with E-state index >= 15 is 0 Å². The Morgan fingerprint density at radius 2 is 1.05 bits per heavy atom. The van der Waals surface area contributed by atoms with Gasteiger partial charge in [0.25, 0.3) is 0 Å². The van der Waals surface area contributed by atoms with E-state index in [2.05, 4.69) is 20.0 Å². The number of hydrogen-bond donors (Lipinski definition) is 1. The van der Waals surface area contributed by atoms with E-state index < -0.39 is 0 Å². The van der Waals surface area contributed by atoms with Crippen molar-refractivity contribution in [2.24, 2.45) is 11.8 Å². The van der Waals surface area contributed by atoms with E-state index in [-0.39, 0.29) is 23.7 Å². The van der Waals surface area contributed by atoms with E-state index in [0.29, 0.717) is 19.0 Å². The minimum atomic E-state index is 0.0501. The van der Waals surface area contributed by atoms with Crippen molar-refractivity contribution in [2.45, 2.75) is 70.4 Å². The quantitative estimate of drug-likeness (QED) is 0.597. The number of nitrogens with zero attached hydrogens (tertiary/aromatic N) is 5. The van der Waals surface area contributed by atoms with Crippen molar-refractivity contribution >= 4 is 17.7 Å². The first-order valence-electron chi connectivity index (χ1n) is 15.0. The van der Waals surface area contributed by atoms with E-state index in [4.69, 9.17) is 0 Å². The fourth-order valence-corrected chi connectivity index (χ4v) is 6.42. The van der Waals surface area contributed by atoms with E-state index in [1.165, 1.54) is 45.1 Å². The first-order chi connectivity index (χ1) is 18.0. The summed E-state index contributed by atoms with van der Waals surface area (Å²) in [5, 5.41) is 3.18. The molecule has 0 aromatic rings. The van der Waals surface area contributed by atoms with Gasteiger partial charge < -0.3 is 20.0 Å². The van der Waals surface area contributed by atoms with Crippen molar-refractivity contribution < 1.29 is 14.4 Å². The fourth-order valence-electron chi connectivity index (χ4n) is 6.42. The minimum absolute atomic E-state index is 0.0501. The smallest absolute Gasteiger partial charge is 0.229 e. The van der Waals surface area contributed by atoms with E-state index in [1.807, 2.05) is 4.90 Å². The lowest BCUT2D eigenvalue weighted by Crippen LogP contribution is -2.56. The highest BCUT2D eigenvalue weighted by Gasteiger charge is 2.37. The maximum absolute atomic E-state index is 12.4. The summed E-state index contributed by atoms with van der Waals surface area (Å²) < 4.78 is 0. The molecule has 0 radical (unpaired) electrons. The van der Waals surface area contributed by atoms with Crippen molar-refractivity contribution in [1.29, 1.82) is 0 Å². The van der Waals surface area contributed by atoms with E-state index in [9.17, 15) is 14.4 Å². The molecule has 9 heteroatoms. The van der Waals surface area contributed by atoms with Crippen LogP contribution in [0.4, 0.5) is 0 Å². The molecule has 4 saturated heterocycles. The third-order valence-corrected chi connectivity index (χ3v) is 9.67. The summed E-state index contributed by atoms with van der Waals surface area (Å²) in [4.78, 5) is 46.8. The average Bonchev–Trinajstić information content (AvgIpc) is 3.11. The van der Waals surface area contributed by atoms with Gasteiger partial charge in [-0.3, -0.25) is 24.2 Å². The molecule has 6 aliphatic rings. The maximum Gasteiger partial charge on any atom is 0.229 e. The van der Waals surface area contributed by atoms with Crippen LogP contribution in [-0.4, -0.2) is 133 Å². The molecule has 4 aliphatic heterocycles. The molecule has 0 spiro atoms. The summed E-state index contributed by atoms with van der Waals surface area (Å²) in [5.41, 5.74) is 0. The third-order valence-electron chi connectivity index (χ3n) is 9.67. The second kappa shape index (κ2) is 12.4. The van der Waals surface area contributed by atoms with Crippen molar-refractivity contribution in [3.8, 4) is 0 Å². The SMILES string of the molecule is CC(=O)N1CC(C(=O)N2CCCN(C3CCC3)CC2)C1.O=C(C1CNC1)N1CCCN(C2CCC2)CC1. The number of nitrogens with one attached hydrogen (secondary N) is 1. The Balaban J connectivity index is 0.000000153. The molecule has 3 amide bonds. The molecule has 37 heavy (non-hydrogen) atoms. The van der Waals surface area contributed by atoms with Gasteiger partial charge in [0.05, 0.1) is 11.8 Å². The van der Waals surface area contributed by atoms with Crippen molar-refractivity contribution in [2.75, 3.05) is 78.5 Å². The summed E-state index contributed by atoms with van der Waals surface area (Å²) in [6.45, 7) is 12.7. The normalized spacial score (nSPS) is 27.0. The van der Waals surface area contributed by atoms with Gasteiger partial charge in [-0.25, -0.2) is 0 Å². The molecule has 2 aliphatic carbocycles. The van der Waals surface area contributed by atoms with Gasteiger partial charge >= 0.3 is 0 Å². The molecule has 2 saturated carbocycles. The third kappa shape index (κ3) is 6.48. The Kier molecular flexibility index (Phi) is 9.03. The van der Waals surface area contributed by atoms with Crippen LogP contribution in [0, 0.1) is 11.8 Å². The molecule has 6 fully saturated rings.